The van der Waals surface area contributed by atoms with Crippen LogP contribution in [-0.4, -0.2) is 23.5 Å². The fraction of sp³-hybridized carbons (Fsp3) is 0.538. The van der Waals surface area contributed by atoms with Gasteiger partial charge in [-0.2, -0.15) is 0 Å². The number of hydrogen-bond acceptors (Lipinski definition) is 4. The Morgan fingerprint density at radius 1 is 1.44 bits per heavy atom. The number of pyridine rings is 1. The van der Waals surface area contributed by atoms with Gasteiger partial charge in [0.1, 0.15) is 5.82 Å². The van der Waals surface area contributed by atoms with Crippen LogP contribution in [0.2, 0.25) is 0 Å². The molecule has 1 fully saturated rings. The van der Waals surface area contributed by atoms with E-state index in [1.165, 1.54) is 12.8 Å². The lowest BCUT2D eigenvalue weighted by atomic mass is 10.1. The van der Waals surface area contributed by atoms with Crippen molar-refractivity contribution in [1.82, 2.24) is 4.98 Å². The van der Waals surface area contributed by atoms with Gasteiger partial charge in [-0.15, -0.1) is 0 Å². The van der Waals surface area contributed by atoms with Crippen molar-refractivity contribution >= 4 is 17.4 Å². The van der Waals surface area contributed by atoms with Gasteiger partial charge in [-0.25, -0.2) is 4.98 Å². The maximum atomic E-state index is 11.5. The van der Waals surface area contributed by atoms with Crippen molar-refractivity contribution in [2.75, 3.05) is 17.2 Å². The molecule has 4 N–H and O–H groups in total. The predicted octanol–water partition coefficient (Wildman–Crippen LogP) is 1.53. The molecule has 0 radical (unpaired) electrons. The summed E-state index contributed by atoms with van der Waals surface area (Å²) in [6, 6.07) is 1.99. The van der Waals surface area contributed by atoms with Crippen LogP contribution in [0.3, 0.4) is 0 Å². The molecule has 1 aliphatic heterocycles. The summed E-state index contributed by atoms with van der Waals surface area (Å²) in [6.07, 6.45) is 6.26. The van der Waals surface area contributed by atoms with E-state index in [2.05, 4.69) is 16.8 Å². The van der Waals surface area contributed by atoms with Gasteiger partial charge in [0.15, 0.2) is 0 Å². The van der Waals surface area contributed by atoms with Gasteiger partial charge in [-0.3, -0.25) is 4.79 Å². The van der Waals surface area contributed by atoms with Crippen molar-refractivity contribution < 1.29 is 4.79 Å². The molecule has 0 bridgehead atoms. The van der Waals surface area contributed by atoms with Crippen LogP contribution in [-0.2, 0) is 0 Å². The molecule has 1 aromatic rings. The molecule has 0 saturated carbocycles. The van der Waals surface area contributed by atoms with E-state index in [4.69, 9.17) is 11.5 Å². The number of aromatic nitrogens is 1. The van der Waals surface area contributed by atoms with Crippen molar-refractivity contribution in [2.45, 2.75) is 38.6 Å². The molecule has 2 heterocycles. The van der Waals surface area contributed by atoms with Crippen molar-refractivity contribution in [3.05, 3.63) is 17.8 Å². The first kappa shape index (κ1) is 12.7. The van der Waals surface area contributed by atoms with Gasteiger partial charge >= 0.3 is 0 Å². The van der Waals surface area contributed by atoms with Crippen molar-refractivity contribution in [3.8, 4) is 0 Å². The third-order valence-electron chi connectivity index (χ3n) is 3.48. The number of rotatable bonds is 2. The summed E-state index contributed by atoms with van der Waals surface area (Å²) in [7, 11) is 0. The Balaban J connectivity index is 2.39. The molecule has 2 rings (SSSR count). The van der Waals surface area contributed by atoms with Gasteiger partial charge in [0, 0.05) is 12.6 Å². The summed E-state index contributed by atoms with van der Waals surface area (Å²) < 4.78 is 0. The van der Waals surface area contributed by atoms with Crippen LogP contribution in [0, 0.1) is 0 Å². The fourth-order valence-electron chi connectivity index (χ4n) is 2.47. The zero-order valence-electron chi connectivity index (χ0n) is 10.7. The number of carbonyl (C=O) groups is 1. The highest BCUT2D eigenvalue weighted by Gasteiger charge is 2.22. The molecular weight excluding hydrogens is 228 g/mol. The molecule has 1 aromatic heterocycles. The van der Waals surface area contributed by atoms with Crippen LogP contribution >= 0.6 is 0 Å². The molecule has 5 heteroatoms. The normalized spacial score (nSPS) is 20.5. The number of anilines is 2. The second-order valence-electron chi connectivity index (χ2n) is 4.90. The number of primary amides is 1. The van der Waals surface area contributed by atoms with Crippen LogP contribution in [0.25, 0.3) is 0 Å². The van der Waals surface area contributed by atoms with Crippen LogP contribution in [0.5, 0.6) is 0 Å². The number of nitrogen functional groups attached to an aromatic ring is 1. The minimum Gasteiger partial charge on any atom is -0.397 e. The number of nitrogens with two attached hydrogens (primary N) is 2. The van der Waals surface area contributed by atoms with Crippen molar-refractivity contribution in [1.29, 1.82) is 0 Å². The van der Waals surface area contributed by atoms with E-state index >= 15 is 0 Å². The number of nitrogens with zero attached hydrogens (tertiary/aromatic N) is 2. The van der Waals surface area contributed by atoms with E-state index in [9.17, 15) is 4.79 Å². The second-order valence-corrected chi connectivity index (χ2v) is 4.90. The van der Waals surface area contributed by atoms with Crippen LogP contribution in [0.1, 0.15) is 43.0 Å². The van der Waals surface area contributed by atoms with Gasteiger partial charge < -0.3 is 16.4 Å². The van der Waals surface area contributed by atoms with Gasteiger partial charge in [-0.1, -0.05) is 12.8 Å². The van der Waals surface area contributed by atoms with Crippen molar-refractivity contribution in [3.63, 3.8) is 0 Å². The summed E-state index contributed by atoms with van der Waals surface area (Å²) in [5, 5.41) is 0. The molecule has 0 spiro atoms. The summed E-state index contributed by atoms with van der Waals surface area (Å²) in [5.74, 6) is 0.201. The van der Waals surface area contributed by atoms with E-state index in [0.717, 1.165) is 19.4 Å². The third-order valence-corrected chi connectivity index (χ3v) is 3.48. The minimum atomic E-state index is -0.471. The molecule has 1 aliphatic rings. The van der Waals surface area contributed by atoms with Crippen LogP contribution in [0.15, 0.2) is 12.3 Å². The minimum absolute atomic E-state index is 0.377. The lowest BCUT2D eigenvalue weighted by Crippen LogP contribution is -2.35. The highest BCUT2D eigenvalue weighted by atomic mass is 16.1. The topological polar surface area (TPSA) is 85.2 Å². The average Bonchev–Trinajstić information content (AvgIpc) is 2.54. The third kappa shape index (κ3) is 2.55. The Hall–Kier alpha value is -1.78. The lowest BCUT2D eigenvalue weighted by Gasteiger charge is -2.29. The smallest absolute Gasteiger partial charge is 0.252 e. The summed E-state index contributed by atoms with van der Waals surface area (Å²) in [6.45, 7) is 3.08. The first-order chi connectivity index (χ1) is 8.59. The molecule has 1 saturated heterocycles. The maximum absolute atomic E-state index is 11.5. The zero-order chi connectivity index (χ0) is 13.1. The molecule has 0 aliphatic carbocycles. The highest BCUT2D eigenvalue weighted by Crippen LogP contribution is 2.26. The summed E-state index contributed by atoms with van der Waals surface area (Å²) in [4.78, 5) is 18.0. The first-order valence-corrected chi connectivity index (χ1v) is 6.41. The van der Waals surface area contributed by atoms with Gasteiger partial charge in [-0.05, 0) is 25.8 Å². The van der Waals surface area contributed by atoms with Gasteiger partial charge in [0.25, 0.3) is 5.91 Å². The number of amides is 1. The van der Waals surface area contributed by atoms with E-state index in [1.54, 1.807) is 12.3 Å². The predicted molar refractivity (Wildman–Crippen MR) is 72.4 cm³/mol. The summed E-state index contributed by atoms with van der Waals surface area (Å²) >= 11 is 0. The molecule has 1 amide bonds. The average molecular weight is 248 g/mol. The molecule has 18 heavy (non-hydrogen) atoms. The molecule has 5 nitrogen and oxygen atoms in total. The Kier molecular flexibility index (Phi) is 3.69. The monoisotopic (exact) mass is 248 g/mol. The lowest BCUT2D eigenvalue weighted by molar-refractivity contribution is 0.100. The summed E-state index contributed by atoms with van der Waals surface area (Å²) in [5.41, 5.74) is 12.0. The van der Waals surface area contributed by atoms with Gasteiger partial charge in [0.05, 0.1) is 17.4 Å². The largest absolute Gasteiger partial charge is 0.397 e. The maximum Gasteiger partial charge on any atom is 0.252 e. The number of hydrogen-bond donors (Lipinski definition) is 2. The molecule has 1 unspecified atom stereocenters. The Morgan fingerprint density at radius 2 is 2.22 bits per heavy atom. The van der Waals surface area contributed by atoms with E-state index < -0.39 is 5.91 Å². The quantitative estimate of drug-likeness (QED) is 0.831. The molecule has 1 atom stereocenters. The van der Waals surface area contributed by atoms with E-state index in [1.807, 2.05) is 0 Å². The Bertz CT molecular complexity index is 447. The SMILES string of the molecule is CC1CCCCCN1c1ncc(N)cc1C(N)=O. The van der Waals surface area contributed by atoms with Crippen LogP contribution in [0.4, 0.5) is 11.5 Å². The second kappa shape index (κ2) is 5.25. The first-order valence-electron chi connectivity index (χ1n) is 6.41. The van der Waals surface area contributed by atoms with Gasteiger partial charge in [0.2, 0.25) is 0 Å². The fourth-order valence-corrected chi connectivity index (χ4v) is 2.47. The standard InChI is InChI=1S/C13H20N4O/c1-9-5-3-2-4-6-17(9)13-11(12(15)18)7-10(14)8-16-13/h7-9H,2-6,14H2,1H3,(H2,15,18). The highest BCUT2D eigenvalue weighted by molar-refractivity contribution is 5.98. The van der Waals surface area contributed by atoms with E-state index in [0.29, 0.717) is 23.1 Å². The Labute approximate surface area is 107 Å². The Morgan fingerprint density at radius 3 is 2.94 bits per heavy atom. The molecule has 98 valence electrons. The molecule has 0 aromatic carbocycles. The number of carbonyl (C=O) groups excluding carboxylic acids is 1. The van der Waals surface area contributed by atoms with E-state index in [-0.39, 0.29) is 0 Å². The zero-order valence-corrected chi connectivity index (χ0v) is 10.7. The van der Waals surface area contributed by atoms with Crippen molar-refractivity contribution in [2.24, 2.45) is 5.73 Å². The molecular formula is C13H20N4O. The van der Waals surface area contributed by atoms with Crippen LogP contribution < -0.4 is 16.4 Å².